The summed E-state index contributed by atoms with van der Waals surface area (Å²) in [6.07, 6.45) is 6.36. The van der Waals surface area contributed by atoms with Gasteiger partial charge in [-0.3, -0.25) is 33.3 Å². The van der Waals surface area contributed by atoms with Gasteiger partial charge in [-0.05, 0) is 44.9 Å². The molecule has 0 bridgehead atoms. The summed E-state index contributed by atoms with van der Waals surface area (Å²) in [5.41, 5.74) is 5.45. The van der Waals surface area contributed by atoms with E-state index in [2.05, 4.69) is 80.8 Å². The normalized spacial score (nSPS) is 13.9. The van der Waals surface area contributed by atoms with Crippen LogP contribution in [0, 0.1) is 0 Å². The predicted molar refractivity (Wildman–Crippen MR) is 141 cm³/mol. The number of amides is 3. The van der Waals surface area contributed by atoms with E-state index in [-0.39, 0.29) is 17.9 Å². The van der Waals surface area contributed by atoms with Gasteiger partial charge in [0.2, 0.25) is 17.7 Å². The summed E-state index contributed by atoms with van der Waals surface area (Å²) >= 11 is 15.9. The first-order chi connectivity index (χ1) is 15.4. The molecule has 0 aromatic rings. The summed E-state index contributed by atoms with van der Waals surface area (Å²) in [5, 5.41) is 5.56. The zero-order chi connectivity index (χ0) is 24.2. The van der Waals surface area contributed by atoms with E-state index in [9.17, 15) is 14.4 Å². The Hall–Kier alpha value is -0.350. The number of thiol groups is 4. The maximum absolute atomic E-state index is 12.4. The Morgan fingerprint density at radius 1 is 0.625 bits per heavy atom. The minimum atomic E-state index is -0.770. The fourth-order valence-electron chi connectivity index (χ4n) is 2.98. The first kappa shape index (κ1) is 31.6. The van der Waals surface area contributed by atoms with Crippen molar-refractivity contribution in [3.05, 3.63) is 0 Å². The Balaban J connectivity index is 4.27. The number of rotatable bonds is 21. The Labute approximate surface area is 213 Å². The van der Waals surface area contributed by atoms with Crippen molar-refractivity contribution in [1.29, 1.82) is 0 Å². The van der Waals surface area contributed by atoms with Gasteiger partial charge in [-0.2, -0.15) is 0 Å². The lowest BCUT2D eigenvalue weighted by Gasteiger charge is -2.20. The third-order valence-electron chi connectivity index (χ3n) is 4.89. The lowest BCUT2D eigenvalue weighted by molar-refractivity contribution is -0.128. The zero-order valence-corrected chi connectivity index (χ0v) is 21.9. The van der Waals surface area contributed by atoms with Crippen LogP contribution >= 0.6 is 51.3 Å². The summed E-state index contributed by atoms with van der Waals surface area (Å²) in [5.74, 6) is -1.02. The van der Waals surface area contributed by atoms with Crippen LogP contribution in [0.5, 0.6) is 0 Å². The van der Waals surface area contributed by atoms with E-state index in [1.54, 1.807) is 0 Å². The largest absolute Gasteiger partial charge is 0.368 e. The smallest absolute Gasteiger partial charge is 0.240 e. The molecule has 14 heteroatoms. The van der Waals surface area contributed by atoms with Gasteiger partial charge < -0.3 is 16.4 Å². The van der Waals surface area contributed by atoms with E-state index in [1.807, 2.05) is 0 Å². The van der Waals surface area contributed by atoms with E-state index in [0.717, 1.165) is 38.8 Å². The lowest BCUT2D eigenvalue weighted by Crippen LogP contribution is -2.50. The van der Waals surface area contributed by atoms with E-state index in [4.69, 9.17) is 5.73 Å². The highest BCUT2D eigenvalue weighted by Gasteiger charge is 2.23. The molecule has 0 radical (unpaired) electrons. The van der Waals surface area contributed by atoms with Gasteiger partial charge in [0.25, 0.3) is 0 Å². The van der Waals surface area contributed by atoms with Gasteiger partial charge in [0.15, 0.2) is 0 Å². The van der Waals surface area contributed by atoms with Crippen molar-refractivity contribution in [2.75, 3.05) is 19.6 Å². The van der Waals surface area contributed by atoms with E-state index in [1.165, 1.54) is 0 Å². The quantitative estimate of drug-likeness (QED) is 0.0744. The van der Waals surface area contributed by atoms with Gasteiger partial charge in [0.05, 0.1) is 12.1 Å². The average Bonchev–Trinajstić information content (AvgIpc) is 2.77. The van der Waals surface area contributed by atoms with Crippen molar-refractivity contribution in [2.24, 2.45) is 5.73 Å². The molecule has 188 valence electrons. The Morgan fingerprint density at radius 2 is 1.06 bits per heavy atom. The van der Waals surface area contributed by atoms with Gasteiger partial charge in [-0.1, -0.05) is 64.1 Å². The van der Waals surface area contributed by atoms with Crippen LogP contribution in [0.4, 0.5) is 0 Å². The van der Waals surface area contributed by atoms with Crippen LogP contribution in [0.25, 0.3) is 0 Å². The number of hydrogen-bond donors (Lipinski definition) is 11. The first-order valence-electron chi connectivity index (χ1n) is 10.8. The molecule has 3 amide bonds. The number of carbonyl (C=O) groups is 3. The molecule has 0 aromatic heterocycles. The highest BCUT2D eigenvalue weighted by molar-refractivity contribution is 7.78. The van der Waals surface area contributed by atoms with E-state index < -0.39 is 18.0 Å². The van der Waals surface area contributed by atoms with Gasteiger partial charge in [-0.25, -0.2) is 0 Å². The molecule has 0 aromatic carbocycles. The Bertz CT molecular complexity index is 535. The van der Waals surface area contributed by atoms with Crippen LogP contribution in [-0.4, -0.2) is 55.5 Å². The van der Waals surface area contributed by atoms with Crippen LogP contribution in [0.3, 0.4) is 0 Å². The highest BCUT2D eigenvalue weighted by Crippen LogP contribution is 2.06. The number of hydrogen-bond acceptors (Lipinski definition) is 11. The Morgan fingerprint density at radius 3 is 1.50 bits per heavy atom. The molecule has 0 aliphatic heterocycles. The highest BCUT2D eigenvalue weighted by atomic mass is 32.1. The second-order valence-corrected chi connectivity index (χ2v) is 8.57. The molecule has 0 fully saturated rings. The van der Waals surface area contributed by atoms with Gasteiger partial charge in [0, 0.05) is 19.6 Å². The van der Waals surface area contributed by atoms with Crippen molar-refractivity contribution < 1.29 is 14.4 Å². The molecular formula is C18H39N7O3S4. The number of nitrogens with two attached hydrogens (primary N) is 1. The van der Waals surface area contributed by atoms with Gasteiger partial charge >= 0.3 is 0 Å². The maximum Gasteiger partial charge on any atom is 0.240 e. The molecule has 0 saturated heterocycles. The summed E-state index contributed by atoms with van der Waals surface area (Å²) < 4.78 is 10.9. The van der Waals surface area contributed by atoms with Crippen molar-refractivity contribution >= 4 is 69.0 Å². The van der Waals surface area contributed by atoms with Gasteiger partial charge in [-0.15, -0.1) is 0 Å². The molecule has 8 N–H and O–H groups in total. The third kappa shape index (κ3) is 15.5. The van der Waals surface area contributed by atoms with Crippen LogP contribution in [0.15, 0.2) is 0 Å². The molecule has 0 saturated carbocycles. The number of unbranched alkanes of at least 4 members (excludes halogenated alkanes) is 3. The second-order valence-electron chi connectivity index (χ2n) is 7.42. The molecule has 3 unspecified atom stereocenters. The Kier molecular flexibility index (Phi) is 21.0. The summed E-state index contributed by atoms with van der Waals surface area (Å²) in [6.45, 7) is 1.98. The molecule has 32 heavy (non-hydrogen) atoms. The summed E-state index contributed by atoms with van der Waals surface area (Å²) in [4.78, 5) is 36.4. The van der Waals surface area contributed by atoms with Crippen molar-refractivity contribution in [2.45, 2.75) is 75.9 Å². The third-order valence-corrected chi connectivity index (χ3v) is 5.96. The van der Waals surface area contributed by atoms with E-state index in [0.29, 0.717) is 38.6 Å². The van der Waals surface area contributed by atoms with Gasteiger partial charge in [0.1, 0.15) is 6.04 Å². The minimum absolute atomic E-state index is 0.116. The zero-order valence-electron chi connectivity index (χ0n) is 18.3. The monoisotopic (exact) mass is 529 g/mol. The number of primary amides is 1. The molecule has 0 aliphatic rings. The molecule has 10 nitrogen and oxygen atoms in total. The van der Waals surface area contributed by atoms with Crippen LogP contribution in [-0.2, 0) is 14.4 Å². The fraction of sp³-hybridized carbons (Fsp3) is 0.833. The molecule has 0 rings (SSSR count). The van der Waals surface area contributed by atoms with Crippen molar-refractivity contribution in [1.82, 2.24) is 29.5 Å². The predicted octanol–water partition coefficient (Wildman–Crippen LogP) is 0.0584. The molecule has 0 aliphatic carbocycles. The molecular weight excluding hydrogens is 491 g/mol. The topological polar surface area (TPSA) is 149 Å². The van der Waals surface area contributed by atoms with Crippen molar-refractivity contribution in [3.63, 3.8) is 0 Å². The molecule has 3 atom stereocenters. The SMILES string of the molecule is NC(=O)C(CCCCNC(=O)C(CCCCNS)NS)NC(=O)C(CCCCNS)NS. The fourth-order valence-corrected chi connectivity index (χ4v) is 3.79. The number of carbonyl (C=O) groups excluding carboxylic acids is 3. The van der Waals surface area contributed by atoms with E-state index >= 15 is 0 Å². The molecule has 0 heterocycles. The average molecular weight is 530 g/mol. The van der Waals surface area contributed by atoms with Crippen molar-refractivity contribution in [3.8, 4) is 0 Å². The standard InChI is InChI=1S/C18H39N7O3S4/c19-16(26)13(23-18(28)15(25-32)9-3-6-12-22-30)7-1-4-10-20-17(27)14(24-31)8-2-5-11-21-29/h13-15,21-22,24-25,29-32H,1-12H2,(H2,19,26)(H,20,27)(H,23,28). The first-order valence-corrected chi connectivity index (χ1v) is 12.6. The summed E-state index contributed by atoms with van der Waals surface area (Å²) in [7, 11) is 0. The van der Waals surface area contributed by atoms with Crippen LogP contribution in [0.2, 0.25) is 0 Å². The number of nitrogens with one attached hydrogen (secondary N) is 6. The van der Waals surface area contributed by atoms with Crippen LogP contribution in [0.1, 0.15) is 57.8 Å². The van der Waals surface area contributed by atoms with Crippen LogP contribution < -0.4 is 35.3 Å². The maximum atomic E-state index is 12.4. The second kappa shape index (κ2) is 21.2. The lowest BCUT2D eigenvalue weighted by atomic mass is 10.1. The minimum Gasteiger partial charge on any atom is -0.368 e. The molecule has 0 spiro atoms. The summed E-state index contributed by atoms with van der Waals surface area (Å²) in [6, 6.07) is -1.66.